The smallest absolute Gasteiger partial charge is 0.188 e. The van der Waals surface area contributed by atoms with Gasteiger partial charge in [-0.05, 0) is 70.3 Å². The average molecular weight is 414 g/mol. The summed E-state index contributed by atoms with van der Waals surface area (Å²) in [6.07, 6.45) is 0. The summed E-state index contributed by atoms with van der Waals surface area (Å²) in [5.41, 5.74) is 2.93. The van der Waals surface area contributed by atoms with E-state index in [1.807, 2.05) is 42.5 Å². The fourth-order valence-corrected chi connectivity index (χ4v) is 3.89. The molecular weight excluding hydrogens is 392 g/mol. The number of hydrogen-bond acceptors (Lipinski definition) is 5. The summed E-state index contributed by atoms with van der Waals surface area (Å²) in [6.45, 7) is 4.78. The van der Waals surface area contributed by atoms with Gasteiger partial charge in [0.15, 0.2) is 13.6 Å². The highest BCUT2D eigenvalue weighted by Gasteiger charge is 2.23. The van der Waals surface area contributed by atoms with E-state index in [9.17, 15) is 0 Å². The lowest BCUT2D eigenvalue weighted by molar-refractivity contribution is 0.0510. The molecule has 0 atom stereocenters. The van der Waals surface area contributed by atoms with Crippen molar-refractivity contribution < 1.29 is 23.7 Å². The summed E-state index contributed by atoms with van der Waals surface area (Å²) in [6, 6.07) is 20.1. The summed E-state index contributed by atoms with van der Waals surface area (Å²) in [5.74, 6) is 3.08. The Bertz CT molecular complexity index is 1300. The highest BCUT2D eigenvalue weighted by molar-refractivity contribution is 6.01. The van der Waals surface area contributed by atoms with Crippen molar-refractivity contribution in [3.8, 4) is 23.0 Å². The molecule has 0 saturated carbocycles. The third-order valence-corrected chi connectivity index (χ3v) is 5.40. The van der Waals surface area contributed by atoms with Crippen LogP contribution < -0.4 is 14.2 Å². The molecule has 5 nitrogen and oxygen atoms in total. The van der Waals surface area contributed by atoms with E-state index in [1.165, 1.54) is 0 Å². The predicted molar refractivity (Wildman–Crippen MR) is 121 cm³/mol. The van der Waals surface area contributed by atoms with E-state index in [0.29, 0.717) is 0 Å². The summed E-state index contributed by atoms with van der Waals surface area (Å²) in [7, 11) is 3.20. The lowest BCUT2D eigenvalue weighted by Gasteiger charge is -2.24. The zero-order valence-electron chi connectivity index (χ0n) is 17.4. The predicted octanol–water partition coefficient (Wildman–Crippen LogP) is 6.13. The Morgan fingerprint density at radius 2 is 1.39 bits per heavy atom. The first-order chi connectivity index (χ1) is 15.2. The van der Waals surface area contributed by atoms with Crippen LogP contribution in [0.2, 0.25) is 0 Å². The second kappa shape index (κ2) is 7.95. The van der Waals surface area contributed by atoms with Crippen molar-refractivity contribution in [3.63, 3.8) is 0 Å². The van der Waals surface area contributed by atoms with Crippen LogP contribution in [0, 0.1) is 0 Å². The molecule has 4 aromatic carbocycles. The van der Waals surface area contributed by atoms with Gasteiger partial charge in [0.05, 0.1) is 0 Å². The monoisotopic (exact) mass is 414 g/mol. The summed E-state index contributed by atoms with van der Waals surface area (Å²) in [5, 5.41) is 4.16. The first-order valence-electron chi connectivity index (χ1n) is 9.93. The molecule has 0 spiro atoms. The largest absolute Gasteiger partial charge is 0.468 e. The zero-order chi connectivity index (χ0) is 21.4. The summed E-state index contributed by atoms with van der Waals surface area (Å²) < 4.78 is 27.6. The average Bonchev–Trinajstić information content (AvgIpc) is 2.80. The first-order valence-corrected chi connectivity index (χ1v) is 9.93. The number of hydrogen-bond donors (Lipinski definition) is 0. The molecule has 0 bridgehead atoms. The molecule has 0 radical (unpaired) electrons. The van der Waals surface area contributed by atoms with Crippen LogP contribution in [0.3, 0.4) is 0 Å². The maximum absolute atomic E-state index is 6.42. The highest BCUT2D eigenvalue weighted by atomic mass is 16.7. The van der Waals surface area contributed by atoms with Crippen molar-refractivity contribution in [3.05, 3.63) is 78.4 Å². The molecule has 0 N–H and O–H groups in total. The molecule has 1 aliphatic heterocycles. The molecule has 0 unspecified atom stereocenters. The molecule has 1 aliphatic rings. The van der Waals surface area contributed by atoms with Crippen LogP contribution in [0.15, 0.2) is 67.2 Å². The zero-order valence-corrected chi connectivity index (χ0v) is 17.4. The van der Waals surface area contributed by atoms with E-state index in [4.69, 9.17) is 23.7 Å². The fourth-order valence-electron chi connectivity index (χ4n) is 3.89. The molecule has 4 aromatic rings. The van der Waals surface area contributed by atoms with Gasteiger partial charge in [-0.25, -0.2) is 0 Å². The van der Waals surface area contributed by atoms with Crippen LogP contribution in [-0.2, 0) is 9.47 Å². The van der Waals surface area contributed by atoms with Gasteiger partial charge < -0.3 is 23.7 Å². The van der Waals surface area contributed by atoms with Crippen LogP contribution in [0.1, 0.15) is 11.1 Å². The van der Waals surface area contributed by atoms with E-state index >= 15 is 0 Å². The maximum Gasteiger partial charge on any atom is 0.188 e. The van der Waals surface area contributed by atoms with E-state index in [-0.39, 0.29) is 13.6 Å². The van der Waals surface area contributed by atoms with Crippen LogP contribution in [-0.4, -0.2) is 27.8 Å². The molecule has 156 valence electrons. The Kier molecular flexibility index (Phi) is 4.98. The minimum atomic E-state index is 0.208. The van der Waals surface area contributed by atoms with Crippen LogP contribution in [0.25, 0.3) is 27.1 Å². The van der Waals surface area contributed by atoms with Crippen LogP contribution >= 0.6 is 0 Å². The van der Waals surface area contributed by atoms with Gasteiger partial charge in [-0.3, -0.25) is 0 Å². The molecule has 0 saturated heterocycles. The third-order valence-electron chi connectivity index (χ3n) is 5.40. The Labute approximate surface area is 180 Å². The van der Waals surface area contributed by atoms with Gasteiger partial charge in [-0.1, -0.05) is 18.7 Å². The minimum absolute atomic E-state index is 0.208. The molecule has 5 rings (SSSR count). The molecular formula is C26H22O5. The SMILES string of the molecule is C=C1c2cc3ccc(OCOC)cc3cc2Oc2c1ccc1cc(OCOC)ccc21. The van der Waals surface area contributed by atoms with Gasteiger partial charge in [-0.15, -0.1) is 0 Å². The minimum Gasteiger partial charge on any atom is -0.468 e. The van der Waals surface area contributed by atoms with Crippen molar-refractivity contribution in [1.29, 1.82) is 0 Å². The normalized spacial score (nSPS) is 12.4. The molecule has 0 fully saturated rings. The first kappa shape index (κ1) is 19.4. The van der Waals surface area contributed by atoms with E-state index < -0.39 is 0 Å². The van der Waals surface area contributed by atoms with Crippen molar-refractivity contribution in [2.24, 2.45) is 0 Å². The lowest BCUT2D eigenvalue weighted by Crippen LogP contribution is -2.03. The Hall–Kier alpha value is -3.54. The van der Waals surface area contributed by atoms with Crippen molar-refractivity contribution in [2.75, 3.05) is 27.8 Å². The number of rotatable bonds is 6. The quantitative estimate of drug-likeness (QED) is 0.313. The molecule has 31 heavy (non-hydrogen) atoms. The number of benzene rings is 4. The molecule has 0 aliphatic carbocycles. The summed E-state index contributed by atoms with van der Waals surface area (Å²) in [4.78, 5) is 0. The van der Waals surface area contributed by atoms with Gasteiger partial charge in [0, 0.05) is 30.7 Å². The Balaban J connectivity index is 1.57. The summed E-state index contributed by atoms with van der Waals surface area (Å²) >= 11 is 0. The standard InChI is InChI=1S/C26H22O5/c1-16-22-8-5-18-10-21(30-15-28-3)7-9-23(18)26(22)31-25-13-19-11-20(29-14-27-2)6-4-17(19)12-24(16)25/h4-13H,1,14-15H2,2-3H3. The van der Waals surface area contributed by atoms with Crippen LogP contribution in [0.4, 0.5) is 0 Å². The van der Waals surface area contributed by atoms with E-state index in [0.717, 1.165) is 61.2 Å². The van der Waals surface area contributed by atoms with Gasteiger partial charge in [0.1, 0.15) is 23.0 Å². The molecule has 1 heterocycles. The van der Waals surface area contributed by atoms with E-state index in [1.54, 1.807) is 14.2 Å². The second-order valence-electron chi connectivity index (χ2n) is 7.36. The Morgan fingerprint density at radius 1 is 0.710 bits per heavy atom. The second-order valence-corrected chi connectivity index (χ2v) is 7.36. The maximum atomic E-state index is 6.42. The van der Waals surface area contributed by atoms with Gasteiger partial charge in [0.25, 0.3) is 0 Å². The lowest BCUT2D eigenvalue weighted by atomic mass is 9.91. The van der Waals surface area contributed by atoms with Crippen LogP contribution in [0.5, 0.6) is 23.0 Å². The third kappa shape index (κ3) is 3.48. The van der Waals surface area contributed by atoms with Gasteiger partial charge >= 0.3 is 0 Å². The fraction of sp³-hybridized carbons (Fsp3) is 0.154. The van der Waals surface area contributed by atoms with Crippen molar-refractivity contribution in [1.82, 2.24) is 0 Å². The van der Waals surface area contributed by atoms with Gasteiger partial charge in [0.2, 0.25) is 0 Å². The molecule has 5 heteroatoms. The van der Waals surface area contributed by atoms with Crippen molar-refractivity contribution in [2.45, 2.75) is 0 Å². The Morgan fingerprint density at radius 3 is 2.13 bits per heavy atom. The van der Waals surface area contributed by atoms with E-state index in [2.05, 4.69) is 24.8 Å². The topological polar surface area (TPSA) is 46.2 Å². The number of methoxy groups -OCH3 is 2. The van der Waals surface area contributed by atoms with Crippen molar-refractivity contribution >= 4 is 27.1 Å². The van der Waals surface area contributed by atoms with Gasteiger partial charge in [-0.2, -0.15) is 0 Å². The number of fused-ring (bicyclic) bond motifs is 5. The molecule has 0 aromatic heterocycles. The highest BCUT2D eigenvalue weighted by Crippen LogP contribution is 2.47. The molecule has 0 amide bonds. The number of ether oxygens (including phenoxy) is 5.